The molecule has 1 aliphatic heterocycles. The predicted molar refractivity (Wildman–Crippen MR) is 120 cm³/mol. The SMILES string of the molecule is CC=C(C)[C@H](CC=C(C)C)c1c(OC)cc(O)c2c1O[C@H](c1ccccc1)CC2=O. The van der Waals surface area contributed by atoms with Crippen molar-refractivity contribution in [3.63, 3.8) is 0 Å². The summed E-state index contributed by atoms with van der Waals surface area (Å²) in [4.78, 5) is 13.1. The number of hydrogen-bond donors (Lipinski definition) is 1. The van der Waals surface area contributed by atoms with Crippen molar-refractivity contribution < 1.29 is 19.4 Å². The van der Waals surface area contributed by atoms with Gasteiger partial charge < -0.3 is 14.6 Å². The highest BCUT2D eigenvalue weighted by Crippen LogP contribution is 2.50. The summed E-state index contributed by atoms with van der Waals surface area (Å²) in [5, 5.41) is 10.6. The minimum absolute atomic E-state index is 0.0310. The molecule has 1 heterocycles. The van der Waals surface area contributed by atoms with E-state index in [1.165, 1.54) is 11.6 Å². The van der Waals surface area contributed by atoms with E-state index in [0.717, 1.165) is 23.1 Å². The van der Waals surface area contributed by atoms with Crippen LogP contribution in [-0.2, 0) is 0 Å². The fraction of sp³-hybridized carbons (Fsp3) is 0.346. The number of phenols is 1. The molecule has 2 atom stereocenters. The zero-order valence-corrected chi connectivity index (χ0v) is 18.4. The molecule has 0 aliphatic carbocycles. The van der Waals surface area contributed by atoms with Crippen LogP contribution >= 0.6 is 0 Å². The van der Waals surface area contributed by atoms with Gasteiger partial charge >= 0.3 is 0 Å². The van der Waals surface area contributed by atoms with Gasteiger partial charge in [-0.05, 0) is 39.7 Å². The van der Waals surface area contributed by atoms with Crippen molar-refractivity contribution in [2.75, 3.05) is 7.11 Å². The first-order chi connectivity index (χ1) is 14.4. The third-order valence-electron chi connectivity index (χ3n) is 5.68. The summed E-state index contributed by atoms with van der Waals surface area (Å²) >= 11 is 0. The van der Waals surface area contributed by atoms with Crippen molar-refractivity contribution in [3.8, 4) is 17.2 Å². The van der Waals surface area contributed by atoms with Gasteiger partial charge in [-0.3, -0.25) is 4.79 Å². The second-order valence-electron chi connectivity index (χ2n) is 7.96. The quantitative estimate of drug-likeness (QED) is 0.555. The van der Waals surface area contributed by atoms with E-state index in [0.29, 0.717) is 11.5 Å². The maximum atomic E-state index is 13.1. The van der Waals surface area contributed by atoms with Gasteiger partial charge in [0.2, 0.25) is 0 Å². The molecule has 3 rings (SSSR count). The maximum absolute atomic E-state index is 13.1. The van der Waals surface area contributed by atoms with Crippen molar-refractivity contribution in [1.29, 1.82) is 0 Å². The van der Waals surface area contributed by atoms with Gasteiger partial charge in [-0.25, -0.2) is 0 Å². The predicted octanol–water partition coefficient (Wildman–Crippen LogP) is 6.51. The number of allylic oxidation sites excluding steroid dienone is 4. The minimum Gasteiger partial charge on any atom is -0.507 e. The molecule has 2 aromatic carbocycles. The summed E-state index contributed by atoms with van der Waals surface area (Å²) < 4.78 is 12.1. The van der Waals surface area contributed by atoms with E-state index in [1.54, 1.807) is 7.11 Å². The number of aromatic hydroxyl groups is 1. The Labute approximate surface area is 178 Å². The van der Waals surface area contributed by atoms with Gasteiger partial charge in [0.1, 0.15) is 28.9 Å². The number of ether oxygens (including phenoxy) is 2. The van der Waals surface area contributed by atoms with Gasteiger partial charge in [0.25, 0.3) is 0 Å². The van der Waals surface area contributed by atoms with Gasteiger partial charge in [0.15, 0.2) is 5.78 Å². The molecule has 0 amide bonds. The monoisotopic (exact) mass is 406 g/mol. The average molecular weight is 407 g/mol. The molecule has 0 aromatic heterocycles. The van der Waals surface area contributed by atoms with Crippen molar-refractivity contribution in [2.45, 2.75) is 52.6 Å². The molecule has 1 aliphatic rings. The summed E-state index contributed by atoms with van der Waals surface area (Å²) in [5.41, 5.74) is 4.37. The van der Waals surface area contributed by atoms with Crippen molar-refractivity contribution in [3.05, 3.63) is 76.4 Å². The molecular formula is C26H30O4. The lowest BCUT2D eigenvalue weighted by Crippen LogP contribution is -2.23. The lowest BCUT2D eigenvalue weighted by molar-refractivity contribution is 0.0841. The van der Waals surface area contributed by atoms with Gasteiger partial charge in [0, 0.05) is 17.5 Å². The van der Waals surface area contributed by atoms with Crippen LogP contribution in [0.15, 0.2) is 59.7 Å². The number of hydrogen-bond acceptors (Lipinski definition) is 4. The topological polar surface area (TPSA) is 55.8 Å². The van der Waals surface area contributed by atoms with E-state index < -0.39 is 6.10 Å². The molecule has 0 fully saturated rings. The van der Waals surface area contributed by atoms with Gasteiger partial charge in [-0.2, -0.15) is 0 Å². The van der Waals surface area contributed by atoms with E-state index in [9.17, 15) is 9.90 Å². The highest BCUT2D eigenvalue weighted by molar-refractivity contribution is 6.03. The molecule has 4 nitrogen and oxygen atoms in total. The van der Waals surface area contributed by atoms with Crippen LogP contribution in [0.2, 0.25) is 0 Å². The largest absolute Gasteiger partial charge is 0.507 e. The highest BCUT2D eigenvalue weighted by Gasteiger charge is 2.36. The van der Waals surface area contributed by atoms with Crippen molar-refractivity contribution >= 4 is 5.78 Å². The second kappa shape index (κ2) is 9.21. The lowest BCUT2D eigenvalue weighted by Gasteiger charge is -2.31. The van der Waals surface area contributed by atoms with Gasteiger partial charge in [-0.15, -0.1) is 0 Å². The Bertz CT molecular complexity index is 982. The molecule has 158 valence electrons. The fourth-order valence-corrected chi connectivity index (χ4v) is 3.92. The molecule has 0 saturated heterocycles. The van der Waals surface area contributed by atoms with Gasteiger partial charge in [-0.1, -0.05) is 53.6 Å². The smallest absolute Gasteiger partial charge is 0.174 e. The van der Waals surface area contributed by atoms with Crippen LogP contribution in [0.1, 0.15) is 74.0 Å². The molecule has 4 heteroatoms. The van der Waals surface area contributed by atoms with E-state index in [2.05, 4.69) is 32.9 Å². The molecule has 0 saturated carbocycles. The minimum atomic E-state index is -0.397. The Morgan fingerprint density at radius 2 is 1.97 bits per heavy atom. The summed E-state index contributed by atoms with van der Waals surface area (Å²) in [5.74, 6) is 0.717. The maximum Gasteiger partial charge on any atom is 0.174 e. The molecule has 30 heavy (non-hydrogen) atoms. The Hall–Kier alpha value is -3.01. The summed E-state index contributed by atoms with van der Waals surface area (Å²) in [6.07, 6.45) is 4.79. The zero-order chi connectivity index (χ0) is 21.8. The summed E-state index contributed by atoms with van der Waals surface area (Å²) in [6, 6.07) is 11.3. The number of carbonyl (C=O) groups excluding carboxylic acids is 1. The summed E-state index contributed by atoms with van der Waals surface area (Å²) in [7, 11) is 1.58. The molecule has 0 spiro atoms. The third kappa shape index (κ3) is 4.28. The lowest BCUT2D eigenvalue weighted by atomic mass is 9.83. The van der Waals surface area contributed by atoms with Crippen LogP contribution in [0.4, 0.5) is 0 Å². The number of fused-ring (bicyclic) bond motifs is 1. The molecule has 0 unspecified atom stereocenters. The standard InChI is InChI=1S/C26H30O4/c1-6-17(4)19(13-12-16(2)3)24-23(29-5)15-21(28)25-20(27)14-22(30-26(24)25)18-10-8-7-9-11-18/h6-12,15,19,22,28H,13-14H2,1-5H3/t19-,22-/m0/s1. The van der Waals surface area contributed by atoms with Gasteiger partial charge in [0.05, 0.1) is 13.5 Å². The first-order valence-electron chi connectivity index (χ1n) is 10.3. The molecular weight excluding hydrogens is 376 g/mol. The first kappa shape index (κ1) is 21.7. The number of phenolic OH excluding ortho intramolecular Hbond substituents is 1. The normalized spacial score (nSPS) is 17.0. The van der Waals surface area contributed by atoms with Crippen LogP contribution in [0.3, 0.4) is 0 Å². The molecule has 0 bridgehead atoms. The van der Waals surface area contributed by atoms with Crippen LogP contribution < -0.4 is 9.47 Å². The number of methoxy groups -OCH3 is 1. The van der Waals surface area contributed by atoms with Crippen LogP contribution in [0, 0.1) is 0 Å². The number of Topliss-reactive ketones (excluding diaryl/α,β-unsaturated/α-hetero) is 1. The van der Waals surface area contributed by atoms with Crippen molar-refractivity contribution in [1.82, 2.24) is 0 Å². The first-order valence-corrected chi connectivity index (χ1v) is 10.3. The Kier molecular flexibility index (Phi) is 6.66. The van der Waals surface area contributed by atoms with Crippen LogP contribution in [0.25, 0.3) is 0 Å². The van der Waals surface area contributed by atoms with Crippen LogP contribution in [-0.4, -0.2) is 18.0 Å². The third-order valence-corrected chi connectivity index (χ3v) is 5.68. The molecule has 1 N–H and O–H groups in total. The van der Waals surface area contributed by atoms with E-state index >= 15 is 0 Å². The fourth-order valence-electron chi connectivity index (χ4n) is 3.92. The number of carbonyl (C=O) groups is 1. The van der Waals surface area contributed by atoms with E-state index in [1.807, 2.05) is 37.3 Å². The average Bonchev–Trinajstić information content (AvgIpc) is 2.74. The summed E-state index contributed by atoms with van der Waals surface area (Å²) in [6.45, 7) is 8.21. The van der Waals surface area contributed by atoms with Crippen LogP contribution in [0.5, 0.6) is 17.2 Å². The Balaban J connectivity index is 2.21. The number of benzene rings is 2. The Morgan fingerprint density at radius 1 is 1.27 bits per heavy atom. The zero-order valence-electron chi connectivity index (χ0n) is 18.4. The molecule has 2 aromatic rings. The number of ketones is 1. The number of rotatable bonds is 6. The highest BCUT2D eigenvalue weighted by atomic mass is 16.5. The van der Waals surface area contributed by atoms with Crippen molar-refractivity contribution in [2.24, 2.45) is 0 Å². The second-order valence-corrected chi connectivity index (χ2v) is 7.96. The molecule has 0 radical (unpaired) electrons. The van der Waals surface area contributed by atoms with E-state index in [-0.39, 0.29) is 29.4 Å². The van der Waals surface area contributed by atoms with E-state index in [4.69, 9.17) is 9.47 Å². The Morgan fingerprint density at radius 3 is 2.57 bits per heavy atom.